The molecule has 1 N–H and O–H groups in total. The van der Waals surface area contributed by atoms with Gasteiger partial charge in [0.1, 0.15) is 0 Å². The molecule has 0 radical (unpaired) electrons. The van der Waals surface area contributed by atoms with Gasteiger partial charge < -0.3 is 10.1 Å². The second-order valence-electron chi connectivity index (χ2n) is 4.51. The number of rotatable bonds is 6. The summed E-state index contributed by atoms with van der Waals surface area (Å²) in [5.74, 6) is 0.829. The third-order valence-corrected chi connectivity index (χ3v) is 3.99. The summed E-state index contributed by atoms with van der Waals surface area (Å²) >= 11 is 1.72. The van der Waals surface area contributed by atoms with E-state index in [1.54, 1.807) is 23.1 Å². The van der Waals surface area contributed by atoms with E-state index in [9.17, 15) is 0 Å². The van der Waals surface area contributed by atoms with Gasteiger partial charge in [-0.3, -0.25) is 0 Å². The Bertz CT molecular complexity index is 547. The summed E-state index contributed by atoms with van der Waals surface area (Å²) in [5, 5.41) is 11.1. The molecule has 0 saturated heterocycles. The molecule has 0 aromatic carbocycles. The minimum Gasteiger partial charge on any atom is -0.481 e. The largest absolute Gasteiger partial charge is 0.481 e. The van der Waals surface area contributed by atoms with E-state index in [2.05, 4.69) is 20.8 Å². The molecular formula is C13H20N4OS. The van der Waals surface area contributed by atoms with Crippen molar-refractivity contribution in [2.45, 2.75) is 26.8 Å². The summed E-state index contributed by atoms with van der Waals surface area (Å²) in [6.45, 7) is 5.71. The number of thiazole rings is 1. The number of methoxy groups -OCH3 is 1. The van der Waals surface area contributed by atoms with Crippen LogP contribution >= 0.6 is 11.3 Å². The Labute approximate surface area is 117 Å². The van der Waals surface area contributed by atoms with Crippen molar-refractivity contribution in [2.24, 2.45) is 7.05 Å². The van der Waals surface area contributed by atoms with Crippen molar-refractivity contribution in [1.82, 2.24) is 20.1 Å². The zero-order valence-electron chi connectivity index (χ0n) is 11.9. The zero-order chi connectivity index (χ0) is 13.8. The van der Waals surface area contributed by atoms with Crippen LogP contribution in [0, 0.1) is 13.8 Å². The monoisotopic (exact) mass is 280 g/mol. The lowest BCUT2D eigenvalue weighted by Crippen LogP contribution is -2.17. The van der Waals surface area contributed by atoms with Gasteiger partial charge in [-0.15, -0.1) is 11.3 Å². The maximum absolute atomic E-state index is 5.37. The molecular weight excluding hydrogens is 260 g/mol. The van der Waals surface area contributed by atoms with E-state index in [1.807, 2.05) is 20.9 Å². The third-order valence-electron chi connectivity index (χ3n) is 2.97. The van der Waals surface area contributed by atoms with Gasteiger partial charge in [-0.05, 0) is 13.8 Å². The van der Waals surface area contributed by atoms with Crippen molar-refractivity contribution < 1.29 is 4.74 Å². The van der Waals surface area contributed by atoms with Crippen LogP contribution in [0.4, 0.5) is 0 Å². The number of aromatic nitrogens is 3. The number of ether oxygens (including phenoxy) is 1. The lowest BCUT2D eigenvalue weighted by molar-refractivity contribution is 0.368. The predicted octanol–water partition coefficient (Wildman–Crippen LogP) is 1.83. The highest BCUT2D eigenvalue weighted by Gasteiger charge is 2.12. The second-order valence-corrected chi connectivity index (χ2v) is 5.45. The van der Waals surface area contributed by atoms with Gasteiger partial charge in [0, 0.05) is 37.6 Å². The fourth-order valence-corrected chi connectivity index (χ4v) is 2.84. The summed E-state index contributed by atoms with van der Waals surface area (Å²) < 4.78 is 7.14. The first-order valence-electron chi connectivity index (χ1n) is 6.30. The number of nitrogens with one attached hydrogen (secondary N) is 1. The number of hydrogen-bond acceptors (Lipinski definition) is 5. The second kappa shape index (κ2) is 6.16. The lowest BCUT2D eigenvalue weighted by Gasteiger charge is -2.06. The van der Waals surface area contributed by atoms with Gasteiger partial charge in [-0.1, -0.05) is 0 Å². The Balaban J connectivity index is 1.86. The van der Waals surface area contributed by atoms with E-state index < -0.39 is 0 Å². The summed E-state index contributed by atoms with van der Waals surface area (Å²) in [4.78, 5) is 4.45. The molecule has 0 aliphatic carbocycles. The minimum atomic E-state index is 0.771. The molecule has 6 heteroatoms. The van der Waals surface area contributed by atoms with Crippen molar-refractivity contribution in [2.75, 3.05) is 13.7 Å². The van der Waals surface area contributed by atoms with E-state index in [0.29, 0.717) is 0 Å². The quantitative estimate of drug-likeness (QED) is 0.820. The van der Waals surface area contributed by atoms with Crippen LogP contribution in [-0.2, 0) is 20.0 Å². The molecule has 0 amide bonds. The Hall–Kier alpha value is -1.40. The van der Waals surface area contributed by atoms with Gasteiger partial charge >= 0.3 is 0 Å². The van der Waals surface area contributed by atoms with Crippen LogP contribution in [0.2, 0.25) is 0 Å². The molecule has 0 unspecified atom stereocenters. The summed E-state index contributed by atoms with van der Waals surface area (Å²) in [6, 6.07) is 0. The highest BCUT2D eigenvalue weighted by molar-refractivity contribution is 7.09. The average molecular weight is 280 g/mol. The Kier molecular flexibility index (Phi) is 4.55. The SMILES string of the molecule is COc1c(CNCCc2nc(C)cs2)c(C)nn1C. The molecule has 2 rings (SSSR count). The molecule has 0 fully saturated rings. The standard InChI is InChI=1S/C13H20N4OS/c1-9-8-19-12(15-9)5-6-14-7-11-10(2)16-17(3)13(11)18-4/h8,14H,5-7H2,1-4H3. The highest BCUT2D eigenvalue weighted by atomic mass is 32.1. The van der Waals surface area contributed by atoms with Gasteiger partial charge in [0.25, 0.3) is 0 Å². The van der Waals surface area contributed by atoms with Crippen LogP contribution in [0.3, 0.4) is 0 Å². The van der Waals surface area contributed by atoms with Crippen molar-refractivity contribution in [3.63, 3.8) is 0 Å². The first kappa shape index (κ1) is 14.0. The maximum Gasteiger partial charge on any atom is 0.216 e. The third kappa shape index (κ3) is 3.33. The molecule has 19 heavy (non-hydrogen) atoms. The molecule has 0 bridgehead atoms. The molecule has 2 heterocycles. The maximum atomic E-state index is 5.37. The van der Waals surface area contributed by atoms with Gasteiger partial charge in [0.2, 0.25) is 5.88 Å². The molecule has 2 aromatic rings. The van der Waals surface area contributed by atoms with Gasteiger partial charge in [-0.25, -0.2) is 9.67 Å². The molecule has 0 aliphatic heterocycles. The van der Waals surface area contributed by atoms with Crippen molar-refractivity contribution in [3.8, 4) is 5.88 Å². The Morgan fingerprint density at radius 2 is 2.21 bits per heavy atom. The van der Waals surface area contributed by atoms with Crippen molar-refractivity contribution >= 4 is 11.3 Å². The molecule has 2 aromatic heterocycles. The fourth-order valence-electron chi connectivity index (χ4n) is 2.07. The number of hydrogen-bond donors (Lipinski definition) is 1. The van der Waals surface area contributed by atoms with Gasteiger partial charge in [-0.2, -0.15) is 5.10 Å². The Morgan fingerprint density at radius 3 is 2.84 bits per heavy atom. The van der Waals surface area contributed by atoms with Crippen LogP contribution in [0.1, 0.15) is 22.0 Å². The first-order valence-corrected chi connectivity index (χ1v) is 7.18. The van der Waals surface area contributed by atoms with Crippen molar-refractivity contribution in [1.29, 1.82) is 0 Å². The first-order chi connectivity index (χ1) is 9.11. The number of aryl methyl sites for hydroxylation is 3. The van der Waals surface area contributed by atoms with Crippen LogP contribution < -0.4 is 10.1 Å². The van der Waals surface area contributed by atoms with Crippen LogP contribution in [0.15, 0.2) is 5.38 Å². The molecule has 104 valence electrons. The van der Waals surface area contributed by atoms with E-state index in [1.165, 1.54) is 5.01 Å². The normalized spacial score (nSPS) is 10.9. The van der Waals surface area contributed by atoms with E-state index in [0.717, 1.165) is 42.3 Å². The molecule has 0 saturated carbocycles. The molecule has 5 nitrogen and oxygen atoms in total. The average Bonchev–Trinajstić information content (AvgIpc) is 2.89. The van der Waals surface area contributed by atoms with E-state index >= 15 is 0 Å². The smallest absolute Gasteiger partial charge is 0.216 e. The van der Waals surface area contributed by atoms with Crippen LogP contribution in [0.5, 0.6) is 5.88 Å². The topological polar surface area (TPSA) is 52.0 Å². The molecule has 0 spiro atoms. The zero-order valence-corrected chi connectivity index (χ0v) is 12.7. The van der Waals surface area contributed by atoms with Crippen molar-refractivity contribution in [3.05, 3.63) is 27.3 Å². The summed E-state index contributed by atoms with van der Waals surface area (Å²) in [7, 11) is 3.58. The highest BCUT2D eigenvalue weighted by Crippen LogP contribution is 2.20. The minimum absolute atomic E-state index is 0.771. The molecule has 0 aliphatic rings. The van der Waals surface area contributed by atoms with Gasteiger partial charge in [0.05, 0.1) is 23.4 Å². The lowest BCUT2D eigenvalue weighted by atomic mass is 10.2. The predicted molar refractivity (Wildman–Crippen MR) is 76.8 cm³/mol. The molecule has 0 atom stereocenters. The van der Waals surface area contributed by atoms with E-state index in [-0.39, 0.29) is 0 Å². The van der Waals surface area contributed by atoms with E-state index in [4.69, 9.17) is 4.74 Å². The fraction of sp³-hybridized carbons (Fsp3) is 0.538. The van der Waals surface area contributed by atoms with Gasteiger partial charge in [0.15, 0.2) is 0 Å². The Morgan fingerprint density at radius 1 is 1.42 bits per heavy atom. The van der Waals surface area contributed by atoms with Crippen LogP contribution in [0.25, 0.3) is 0 Å². The summed E-state index contributed by atoms with van der Waals surface area (Å²) in [5.41, 5.74) is 3.24. The summed E-state index contributed by atoms with van der Waals surface area (Å²) in [6.07, 6.45) is 0.958. The number of nitrogens with zero attached hydrogens (tertiary/aromatic N) is 3. The van der Waals surface area contributed by atoms with Crippen LogP contribution in [-0.4, -0.2) is 28.4 Å².